The summed E-state index contributed by atoms with van der Waals surface area (Å²) in [6.07, 6.45) is 2.25. The van der Waals surface area contributed by atoms with Crippen molar-refractivity contribution in [1.29, 1.82) is 0 Å². The van der Waals surface area contributed by atoms with Crippen molar-refractivity contribution in [2.24, 2.45) is 0 Å². The number of aromatic nitrogens is 1. The molecular formula is C18H14N2O. The van der Waals surface area contributed by atoms with Crippen molar-refractivity contribution in [3.63, 3.8) is 0 Å². The Kier molecular flexibility index (Phi) is 2.71. The maximum absolute atomic E-state index is 12.1. The first kappa shape index (κ1) is 12.1. The Morgan fingerprint density at radius 2 is 1.86 bits per heavy atom. The molecule has 21 heavy (non-hydrogen) atoms. The standard InChI is InChI=1S/C18H14N2O/c21-16-11-15(12-5-2-1-3-6-12)14-9-8-13-7-4-10-19-17(13)18(14)20-16/h1-10,15H,11H2,(H,20,21). The minimum absolute atomic E-state index is 0.0505. The first-order valence-corrected chi connectivity index (χ1v) is 7.05. The summed E-state index contributed by atoms with van der Waals surface area (Å²) < 4.78 is 0. The Labute approximate surface area is 122 Å². The summed E-state index contributed by atoms with van der Waals surface area (Å²) in [6.45, 7) is 0. The molecule has 1 aromatic heterocycles. The lowest BCUT2D eigenvalue weighted by molar-refractivity contribution is -0.116. The van der Waals surface area contributed by atoms with Crippen LogP contribution in [0.4, 0.5) is 5.69 Å². The van der Waals surface area contributed by atoms with Crippen LogP contribution in [0.3, 0.4) is 0 Å². The van der Waals surface area contributed by atoms with Crippen molar-refractivity contribution >= 4 is 22.5 Å². The molecule has 2 aromatic carbocycles. The highest BCUT2D eigenvalue weighted by atomic mass is 16.1. The van der Waals surface area contributed by atoms with Crippen molar-refractivity contribution in [2.45, 2.75) is 12.3 Å². The number of carbonyl (C=O) groups excluding carboxylic acids is 1. The Morgan fingerprint density at radius 1 is 1.00 bits per heavy atom. The summed E-state index contributed by atoms with van der Waals surface area (Å²) >= 11 is 0. The molecular weight excluding hydrogens is 260 g/mol. The molecule has 0 aliphatic carbocycles. The second kappa shape index (κ2) is 4.70. The van der Waals surface area contributed by atoms with Crippen LogP contribution >= 0.6 is 0 Å². The lowest BCUT2D eigenvalue weighted by atomic mass is 9.84. The summed E-state index contributed by atoms with van der Waals surface area (Å²) in [5.74, 6) is 0.149. The molecule has 2 heterocycles. The molecule has 0 radical (unpaired) electrons. The first-order chi connectivity index (χ1) is 10.3. The highest BCUT2D eigenvalue weighted by Gasteiger charge is 2.27. The topological polar surface area (TPSA) is 42.0 Å². The van der Waals surface area contributed by atoms with Crippen LogP contribution in [0, 0.1) is 0 Å². The van der Waals surface area contributed by atoms with Crippen molar-refractivity contribution in [1.82, 2.24) is 4.98 Å². The largest absolute Gasteiger partial charge is 0.324 e. The van der Waals surface area contributed by atoms with Crippen LogP contribution in [0.5, 0.6) is 0 Å². The minimum Gasteiger partial charge on any atom is -0.324 e. The number of amides is 1. The van der Waals surface area contributed by atoms with Crippen LogP contribution in [0.1, 0.15) is 23.5 Å². The lowest BCUT2D eigenvalue weighted by Crippen LogP contribution is -2.23. The number of carbonyl (C=O) groups is 1. The summed E-state index contributed by atoms with van der Waals surface area (Å²) in [4.78, 5) is 16.6. The molecule has 102 valence electrons. The number of rotatable bonds is 1. The lowest BCUT2D eigenvalue weighted by Gasteiger charge is -2.26. The molecule has 0 spiro atoms. The number of hydrogen-bond acceptors (Lipinski definition) is 2. The highest BCUT2D eigenvalue weighted by molar-refractivity contribution is 6.04. The van der Waals surface area contributed by atoms with Gasteiger partial charge in [0.15, 0.2) is 0 Å². The zero-order chi connectivity index (χ0) is 14.2. The third-order valence-electron chi connectivity index (χ3n) is 4.04. The van der Waals surface area contributed by atoms with E-state index in [-0.39, 0.29) is 11.8 Å². The molecule has 1 amide bonds. The van der Waals surface area contributed by atoms with Gasteiger partial charge in [-0.3, -0.25) is 9.78 Å². The van der Waals surface area contributed by atoms with Crippen molar-refractivity contribution in [3.05, 3.63) is 71.9 Å². The molecule has 1 N–H and O–H groups in total. The van der Waals surface area contributed by atoms with Gasteiger partial charge < -0.3 is 5.32 Å². The Balaban J connectivity index is 1.95. The number of anilines is 1. The first-order valence-electron chi connectivity index (χ1n) is 7.05. The minimum atomic E-state index is 0.0505. The summed E-state index contributed by atoms with van der Waals surface area (Å²) in [7, 11) is 0. The third-order valence-corrected chi connectivity index (χ3v) is 4.04. The van der Waals surface area contributed by atoms with E-state index in [2.05, 4.69) is 34.6 Å². The Bertz CT molecular complexity index is 827. The molecule has 1 atom stereocenters. The van der Waals surface area contributed by atoms with E-state index in [0.29, 0.717) is 6.42 Å². The molecule has 0 bridgehead atoms. The smallest absolute Gasteiger partial charge is 0.225 e. The quantitative estimate of drug-likeness (QED) is 0.735. The van der Waals surface area contributed by atoms with Gasteiger partial charge in [0.25, 0.3) is 0 Å². The second-order valence-electron chi connectivity index (χ2n) is 5.32. The van der Waals surface area contributed by atoms with E-state index in [4.69, 9.17) is 0 Å². The second-order valence-corrected chi connectivity index (χ2v) is 5.32. The zero-order valence-corrected chi connectivity index (χ0v) is 11.4. The predicted octanol–water partition coefficient (Wildman–Crippen LogP) is 3.71. The van der Waals surface area contributed by atoms with Crippen LogP contribution in [0.2, 0.25) is 0 Å². The van der Waals surface area contributed by atoms with Crippen LogP contribution in [-0.2, 0) is 4.79 Å². The molecule has 4 rings (SSSR count). The Hall–Kier alpha value is -2.68. The van der Waals surface area contributed by atoms with Crippen molar-refractivity contribution in [2.75, 3.05) is 5.32 Å². The number of benzene rings is 2. The highest BCUT2D eigenvalue weighted by Crippen LogP contribution is 2.39. The van der Waals surface area contributed by atoms with Crippen molar-refractivity contribution in [3.8, 4) is 0 Å². The molecule has 1 unspecified atom stereocenters. The number of hydrogen-bond donors (Lipinski definition) is 1. The number of nitrogens with zero attached hydrogens (tertiary/aromatic N) is 1. The van der Waals surface area contributed by atoms with Gasteiger partial charge in [0, 0.05) is 23.9 Å². The molecule has 3 aromatic rings. The summed E-state index contributed by atoms with van der Waals surface area (Å²) in [6, 6.07) is 18.3. The fourth-order valence-corrected chi connectivity index (χ4v) is 3.05. The van der Waals surface area contributed by atoms with E-state index < -0.39 is 0 Å². The van der Waals surface area contributed by atoms with E-state index in [1.165, 1.54) is 5.56 Å². The predicted molar refractivity (Wildman–Crippen MR) is 83.3 cm³/mol. The van der Waals surface area contributed by atoms with Gasteiger partial charge >= 0.3 is 0 Å². The zero-order valence-electron chi connectivity index (χ0n) is 11.4. The van der Waals surface area contributed by atoms with Gasteiger partial charge in [0.1, 0.15) is 0 Å². The molecule has 0 saturated carbocycles. The number of pyridine rings is 1. The SMILES string of the molecule is O=C1CC(c2ccccc2)c2ccc3cccnc3c2N1. The van der Waals surface area contributed by atoms with Gasteiger partial charge in [-0.25, -0.2) is 0 Å². The maximum atomic E-state index is 12.1. The van der Waals surface area contributed by atoms with E-state index in [1.807, 2.05) is 30.3 Å². The summed E-state index contributed by atoms with van der Waals surface area (Å²) in [5.41, 5.74) is 4.04. The van der Waals surface area contributed by atoms with E-state index in [0.717, 1.165) is 22.2 Å². The third kappa shape index (κ3) is 1.98. The molecule has 3 heteroatoms. The van der Waals surface area contributed by atoms with Crippen LogP contribution in [0.15, 0.2) is 60.8 Å². The van der Waals surface area contributed by atoms with E-state index in [1.54, 1.807) is 6.20 Å². The van der Waals surface area contributed by atoms with Gasteiger partial charge in [-0.2, -0.15) is 0 Å². The van der Waals surface area contributed by atoms with E-state index >= 15 is 0 Å². The average molecular weight is 274 g/mol. The Morgan fingerprint density at radius 3 is 2.71 bits per heavy atom. The average Bonchev–Trinajstić information content (AvgIpc) is 2.55. The molecule has 3 nitrogen and oxygen atoms in total. The molecule has 1 aliphatic heterocycles. The van der Waals surface area contributed by atoms with Gasteiger partial charge in [-0.05, 0) is 17.2 Å². The fourth-order valence-electron chi connectivity index (χ4n) is 3.05. The van der Waals surface area contributed by atoms with E-state index in [9.17, 15) is 4.79 Å². The van der Waals surface area contributed by atoms with Crippen LogP contribution < -0.4 is 5.32 Å². The van der Waals surface area contributed by atoms with Gasteiger partial charge in [-0.15, -0.1) is 0 Å². The molecule has 0 fully saturated rings. The normalized spacial score (nSPS) is 17.3. The number of nitrogens with one attached hydrogen (secondary N) is 1. The van der Waals surface area contributed by atoms with Gasteiger partial charge in [-0.1, -0.05) is 48.5 Å². The number of fused-ring (bicyclic) bond motifs is 3. The monoisotopic (exact) mass is 274 g/mol. The molecule has 0 saturated heterocycles. The van der Waals surface area contributed by atoms with Crippen LogP contribution in [0.25, 0.3) is 10.9 Å². The molecule has 1 aliphatic rings. The van der Waals surface area contributed by atoms with Crippen molar-refractivity contribution < 1.29 is 4.79 Å². The maximum Gasteiger partial charge on any atom is 0.225 e. The van der Waals surface area contributed by atoms with Gasteiger partial charge in [0.05, 0.1) is 11.2 Å². The fraction of sp³-hybridized carbons (Fsp3) is 0.111. The summed E-state index contributed by atoms with van der Waals surface area (Å²) in [5, 5.41) is 4.05. The van der Waals surface area contributed by atoms with Crippen LogP contribution in [-0.4, -0.2) is 10.9 Å². The van der Waals surface area contributed by atoms with Gasteiger partial charge in [0.2, 0.25) is 5.91 Å².